The van der Waals surface area contributed by atoms with Crippen LogP contribution >= 0.6 is 0 Å². The molecular weight excluding hydrogens is 416 g/mol. The lowest BCUT2D eigenvalue weighted by molar-refractivity contribution is -0.114. The standard InChI is InChI=1S/C26H30N4O3/c1-4-33-24-11-10-18-8-9-19(16-21(18)25(24)27-17(2)31)22-6-5-7-23(29-22)26(32)28-20-12-14-30(3)15-13-20/h5-11,16,20H,4,12-15H2,1-3H3,(H,27,31)(H,28,32). The molecule has 3 aromatic rings. The lowest BCUT2D eigenvalue weighted by atomic mass is 10.0. The molecule has 2 heterocycles. The van der Waals surface area contributed by atoms with Crippen LogP contribution in [0.1, 0.15) is 37.2 Å². The van der Waals surface area contributed by atoms with Crippen LogP contribution in [0, 0.1) is 0 Å². The molecule has 1 aliphatic rings. The van der Waals surface area contributed by atoms with E-state index in [1.165, 1.54) is 6.92 Å². The van der Waals surface area contributed by atoms with Crippen molar-refractivity contribution in [2.24, 2.45) is 0 Å². The fraction of sp³-hybridized carbons (Fsp3) is 0.346. The Morgan fingerprint density at radius 2 is 1.88 bits per heavy atom. The third kappa shape index (κ3) is 5.31. The van der Waals surface area contributed by atoms with Gasteiger partial charge in [0, 0.05) is 23.9 Å². The highest BCUT2D eigenvalue weighted by Gasteiger charge is 2.20. The van der Waals surface area contributed by atoms with Gasteiger partial charge in [-0.2, -0.15) is 0 Å². The number of nitrogens with zero attached hydrogens (tertiary/aromatic N) is 2. The maximum atomic E-state index is 12.8. The van der Waals surface area contributed by atoms with E-state index in [2.05, 4.69) is 27.6 Å². The number of carbonyl (C=O) groups is 2. The van der Waals surface area contributed by atoms with Crippen molar-refractivity contribution in [3.05, 3.63) is 54.2 Å². The summed E-state index contributed by atoms with van der Waals surface area (Å²) in [4.78, 5) is 31.6. The van der Waals surface area contributed by atoms with Gasteiger partial charge >= 0.3 is 0 Å². The summed E-state index contributed by atoms with van der Waals surface area (Å²) < 4.78 is 5.73. The summed E-state index contributed by atoms with van der Waals surface area (Å²) >= 11 is 0. The number of amides is 2. The molecule has 7 heteroatoms. The number of fused-ring (bicyclic) bond motifs is 1. The Hall–Kier alpha value is -3.45. The minimum atomic E-state index is -0.167. The van der Waals surface area contributed by atoms with Gasteiger partial charge in [-0.05, 0) is 69.6 Å². The van der Waals surface area contributed by atoms with Crippen molar-refractivity contribution in [1.29, 1.82) is 0 Å². The molecule has 0 radical (unpaired) electrons. The normalized spacial score (nSPS) is 14.8. The summed E-state index contributed by atoms with van der Waals surface area (Å²) in [6, 6.07) is 15.4. The fourth-order valence-corrected chi connectivity index (χ4v) is 4.17. The molecule has 0 saturated carbocycles. The number of hydrogen-bond acceptors (Lipinski definition) is 5. The predicted octanol–water partition coefficient (Wildman–Crippen LogP) is 4.08. The number of carbonyl (C=O) groups excluding carboxylic acids is 2. The number of aromatic nitrogens is 1. The zero-order chi connectivity index (χ0) is 23.4. The SMILES string of the molecule is CCOc1ccc2ccc(-c3cccc(C(=O)NC4CCN(C)CC4)n3)cc2c1NC(C)=O. The largest absolute Gasteiger partial charge is 0.492 e. The van der Waals surface area contributed by atoms with Crippen LogP contribution in [-0.2, 0) is 4.79 Å². The van der Waals surface area contributed by atoms with Gasteiger partial charge in [-0.25, -0.2) is 4.98 Å². The topological polar surface area (TPSA) is 83.6 Å². The van der Waals surface area contributed by atoms with E-state index < -0.39 is 0 Å². The number of nitrogens with one attached hydrogen (secondary N) is 2. The predicted molar refractivity (Wildman–Crippen MR) is 131 cm³/mol. The molecule has 1 aliphatic heterocycles. The van der Waals surface area contributed by atoms with Crippen LogP contribution in [-0.4, -0.2) is 54.5 Å². The van der Waals surface area contributed by atoms with Gasteiger partial charge in [0.05, 0.1) is 18.0 Å². The summed E-state index contributed by atoms with van der Waals surface area (Å²) in [5.41, 5.74) is 2.59. The Kier molecular flexibility index (Phi) is 6.89. The Morgan fingerprint density at radius 1 is 1.12 bits per heavy atom. The first-order chi connectivity index (χ1) is 15.9. The summed E-state index contributed by atoms with van der Waals surface area (Å²) in [6.07, 6.45) is 1.89. The molecule has 0 aliphatic carbocycles. The maximum Gasteiger partial charge on any atom is 0.270 e. The zero-order valence-electron chi connectivity index (χ0n) is 19.4. The smallest absolute Gasteiger partial charge is 0.270 e. The van der Waals surface area contributed by atoms with E-state index in [-0.39, 0.29) is 17.9 Å². The van der Waals surface area contributed by atoms with E-state index >= 15 is 0 Å². The lowest BCUT2D eigenvalue weighted by Crippen LogP contribution is -2.43. The quantitative estimate of drug-likeness (QED) is 0.596. The van der Waals surface area contributed by atoms with E-state index in [9.17, 15) is 9.59 Å². The third-order valence-electron chi connectivity index (χ3n) is 5.92. The average Bonchev–Trinajstić information content (AvgIpc) is 2.81. The number of hydrogen-bond donors (Lipinski definition) is 2. The highest BCUT2D eigenvalue weighted by atomic mass is 16.5. The van der Waals surface area contributed by atoms with Gasteiger partial charge in [-0.15, -0.1) is 0 Å². The second-order valence-corrected chi connectivity index (χ2v) is 8.45. The molecule has 1 aromatic heterocycles. The van der Waals surface area contributed by atoms with Gasteiger partial charge in [0.15, 0.2) is 0 Å². The minimum Gasteiger partial charge on any atom is -0.492 e. The van der Waals surface area contributed by atoms with E-state index in [0.29, 0.717) is 29.4 Å². The van der Waals surface area contributed by atoms with Crippen LogP contribution in [0.4, 0.5) is 5.69 Å². The van der Waals surface area contributed by atoms with Crippen LogP contribution in [0.25, 0.3) is 22.0 Å². The van der Waals surface area contributed by atoms with Crippen LogP contribution in [0.15, 0.2) is 48.5 Å². The molecule has 33 heavy (non-hydrogen) atoms. The number of rotatable bonds is 6. The molecule has 0 atom stereocenters. The lowest BCUT2D eigenvalue weighted by Gasteiger charge is -2.29. The Morgan fingerprint density at radius 3 is 2.61 bits per heavy atom. The molecule has 2 amide bonds. The summed E-state index contributed by atoms with van der Waals surface area (Å²) in [6.45, 7) is 5.84. The molecule has 2 aromatic carbocycles. The van der Waals surface area contributed by atoms with Gasteiger partial charge < -0.3 is 20.3 Å². The summed E-state index contributed by atoms with van der Waals surface area (Å²) in [5.74, 6) is 0.306. The Bertz CT molecular complexity index is 1170. The number of benzene rings is 2. The molecule has 2 N–H and O–H groups in total. The number of likely N-dealkylation sites (tertiary alicyclic amines) is 1. The van der Waals surface area contributed by atoms with Gasteiger partial charge in [0.2, 0.25) is 5.91 Å². The molecule has 7 nitrogen and oxygen atoms in total. The molecule has 0 bridgehead atoms. The van der Waals surface area contributed by atoms with E-state index in [0.717, 1.165) is 42.3 Å². The maximum absolute atomic E-state index is 12.8. The van der Waals surface area contributed by atoms with E-state index in [1.807, 2.05) is 49.4 Å². The molecule has 172 valence electrons. The summed E-state index contributed by atoms with van der Waals surface area (Å²) in [5, 5.41) is 7.86. The third-order valence-corrected chi connectivity index (χ3v) is 5.92. The monoisotopic (exact) mass is 446 g/mol. The van der Waals surface area contributed by atoms with E-state index in [1.54, 1.807) is 6.07 Å². The van der Waals surface area contributed by atoms with Crippen molar-refractivity contribution in [3.63, 3.8) is 0 Å². The van der Waals surface area contributed by atoms with Crippen molar-refractivity contribution in [2.75, 3.05) is 32.1 Å². The molecule has 1 fully saturated rings. The minimum absolute atomic E-state index is 0.148. The number of piperidine rings is 1. The first-order valence-electron chi connectivity index (χ1n) is 11.4. The highest BCUT2D eigenvalue weighted by Crippen LogP contribution is 2.35. The van der Waals surface area contributed by atoms with Gasteiger partial charge in [-0.1, -0.05) is 24.3 Å². The molecule has 4 rings (SSSR count). The fourth-order valence-electron chi connectivity index (χ4n) is 4.17. The van der Waals surface area contributed by atoms with Crippen molar-refractivity contribution in [2.45, 2.75) is 32.7 Å². The first kappa shape index (κ1) is 22.7. The molecular formula is C26H30N4O3. The van der Waals surface area contributed by atoms with Gasteiger partial charge in [0.25, 0.3) is 5.91 Å². The van der Waals surface area contributed by atoms with Crippen LogP contribution in [0.5, 0.6) is 5.75 Å². The Labute approximate surface area is 194 Å². The van der Waals surface area contributed by atoms with Gasteiger partial charge in [-0.3, -0.25) is 9.59 Å². The van der Waals surface area contributed by atoms with Gasteiger partial charge in [0.1, 0.15) is 11.4 Å². The summed E-state index contributed by atoms with van der Waals surface area (Å²) in [7, 11) is 2.10. The second kappa shape index (κ2) is 10.0. The van der Waals surface area contributed by atoms with Crippen LogP contribution in [0.3, 0.4) is 0 Å². The first-order valence-corrected chi connectivity index (χ1v) is 11.4. The zero-order valence-corrected chi connectivity index (χ0v) is 19.4. The highest BCUT2D eigenvalue weighted by molar-refractivity contribution is 6.05. The second-order valence-electron chi connectivity index (χ2n) is 8.45. The van der Waals surface area contributed by atoms with Crippen molar-refractivity contribution < 1.29 is 14.3 Å². The molecule has 0 unspecified atom stereocenters. The molecule has 1 saturated heterocycles. The number of pyridine rings is 1. The van der Waals surface area contributed by atoms with Crippen LogP contribution < -0.4 is 15.4 Å². The number of ether oxygens (including phenoxy) is 1. The van der Waals surface area contributed by atoms with Crippen molar-refractivity contribution in [1.82, 2.24) is 15.2 Å². The van der Waals surface area contributed by atoms with E-state index in [4.69, 9.17) is 4.74 Å². The Balaban J connectivity index is 1.64. The number of anilines is 1. The van der Waals surface area contributed by atoms with Crippen LogP contribution in [0.2, 0.25) is 0 Å². The average molecular weight is 447 g/mol. The van der Waals surface area contributed by atoms with Crippen molar-refractivity contribution >= 4 is 28.3 Å². The molecule has 0 spiro atoms. The van der Waals surface area contributed by atoms with Crippen molar-refractivity contribution in [3.8, 4) is 17.0 Å².